The van der Waals surface area contributed by atoms with Crippen LogP contribution in [0.3, 0.4) is 0 Å². The zero-order valence-corrected chi connectivity index (χ0v) is 7.45. The molecule has 2 aliphatic heterocycles. The fourth-order valence-corrected chi connectivity index (χ4v) is 1.01. The summed E-state index contributed by atoms with van der Waals surface area (Å²) in [7, 11) is 0. The lowest BCUT2D eigenvalue weighted by atomic mass is 10.0. The molecule has 2 aliphatic rings. The van der Waals surface area contributed by atoms with E-state index in [4.69, 9.17) is 13.7 Å². The van der Waals surface area contributed by atoms with Gasteiger partial charge in [0, 0.05) is 44.3 Å². The van der Waals surface area contributed by atoms with Gasteiger partial charge in [0.1, 0.15) is 0 Å². The summed E-state index contributed by atoms with van der Waals surface area (Å²) in [5.41, 5.74) is -1.20. The molecule has 2 atom stereocenters. The van der Waals surface area contributed by atoms with E-state index < -0.39 is 43.3 Å². The summed E-state index contributed by atoms with van der Waals surface area (Å²) in [6.45, 7) is -1.36. The molecular formula is C10H20N2. The Balaban J connectivity index is 2.89. The molecular weight excluding hydrogens is 148 g/mol. The van der Waals surface area contributed by atoms with Crippen molar-refractivity contribution in [3.05, 3.63) is 0 Å². The molecule has 12 heavy (non-hydrogen) atoms. The molecule has 0 aromatic carbocycles. The molecule has 2 nitrogen and oxygen atoms in total. The SMILES string of the molecule is [2H]C1([2H])N(C(C)(C)C)C([2H])([2H])C2([2H])NC1([2H])C([2H])([2H])C2([2H])[2H]. The normalized spacial score (nSPS) is 78.6. The van der Waals surface area contributed by atoms with E-state index in [2.05, 4.69) is 0 Å². The Kier molecular flexibility index (Phi) is 0.611. The van der Waals surface area contributed by atoms with Crippen molar-refractivity contribution >= 4 is 0 Å². The van der Waals surface area contributed by atoms with Crippen LogP contribution in [0.5, 0.6) is 0 Å². The first-order valence-electron chi connectivity index (χ1n) is 8.92. The number of fused-ring (bicyclic) bond motifs is 2. The van der Waals surface area contributed by atoms with Gasteiger partial charge in [0.2, 0.25) is 0 Å². The summed E-state index contributed by atoms with van der Waals surface area (Å²) in [5.74, 6) is 0. The van der Waals surface area contributed by atoms with E-state index in [1.165, 1.54) is 20.8 Å². The second-order valence-electron chi connectivity index (χ2n) is 3.85. The average molecular weight is 178 g/mol. The van der Waals surface area contributed by atoms with E-state index >= 15 is 0 Å². The van der Waals surface area contributed by atoms with Crippen LogP contribution in [0.4, 0.5) is 0 Å². The number of nitrogens with zero attached hydrogens (tertiary/aromatic N) is 1. The Bertz CT molecular complexity index is 474. The average Bonchev–Trinajstić information content (AvgIpc) is 2.32. The molecule has 70 valence electrons. The predicted molar refractivity (Wildman–Crippen MR) is 51.3 cm³/mol. The Labute approximate surface area is 89.4 Å². The quantitative estimate of drug-likeness (QED) is 0.600. The highest BCUT2D eigenvalue weighted by Crippen LogP contribution is 2.25. The van der Waals surface area contributed by atoms with Crippen LogP contribution in [0, 0.1) is 0 Å². The summed E-state index contributed by atoms with van der Waals surface area (Å²) in [6.07, 6.45) is -6.25. The van der Waals surface area contributed by atoms with Gasteiger partial charge in [0.05, 0.1) is 0 Å². The molecule has 2 heteroatoms. The highest BCUT2D eigenvalue weighted by Gasteiger charge is 2.36. The second-order valence-corrected chi connectivity index (χ2v) is 3.85. The highest BCUT2D eigenvalue weighted by molar-refractivity contribution is 4.96. The smallest absolute Gasteiger partial charge is 0.0478 e. The minimum Gasteiger partial charge on any atom is -0.309 e. The predicted octanol–water partition coefficient (Wildman–Crippen LogP) is 1.22. The zero-order valence-electron chi connectivity index (χ0n) is 17.4. The number of likely N-dealkylation sites (tertiary alicyclic amines) is 1. The minimum absolute atomic E-state index is 0.603. The van der Waals surface area contributed by atoms with Gasteiger partial charge < -0.3 is 5.32 Å². The van der Waals surface area contributed by atoms with Crippen molar-refractivity contribution in [2.24, 2.45) is 0 Å². The molecule has 2 rings (SSSR count). The topological polar surface area (TPSA) is 15.3 Å². The molecule has 0 aromatic heterocycles. The van der Waals surface area contributed by atoms with Gasteiger partial charge in [-0.25, -0.2) is 0 Å². The molecule has 0 spiro atoms. The summed E-state index contributed by atoms with van der Waals surface area (Å²) in [4.78, 5) is 0.603. The van der Waals surface area contributed by atoms with Crippen molar-refractivity contribution < 1.29 is 13.7 Å². The number of rotatable bonds is 0. The fraction of sp³-hybridized carbons (Fsp3) is 1.00. The molecule has 2 fully saturated rings. The first kappa shape index (κ1) is 2.71. The molecule has 2 heterocycles. The lowest BCUT2D eigenvalue weighted by Gasteiger charge is -2.41. The number of piperazine rings is 1. The van der Waals surface area contributed by atoms with Gasteiger partial charge >= 0.3 is 0 Å². The third kappa shape index (κ3) is 1.50. The Morgan fingerprint density at radius 2 is 1.83 bits per heavy atom. The van der Waals surface area contributed by atoms with Gasteiger partial charge in [-0.05, 0) is 33.5 Å². The van der Waals surface area contributed by atoms with E-state index in [1.807, 2.05) is 5.32 Å². The Morgan fingerprint density at radius 3 is 2.25 bits per heavy atom. The van der Waals surface area contributed by atoms with Crippen LogP contribution in [0.1, 0.15) is 47.2 Å². The number of hydrogen-bond donors (Lipinski definition) is 1. The summed E-state index contributed by atoms with van der Waals surface area (Å²) >= 11 is 0. The van der Waals surface area contributed by atoms with Gasteiger partial charge in [0.25, 0.3) is 0 Å². The zero-order chi connectivity index (χ0) is 17.8. The molecule has 2 unspecified atom stereocenters. The molecule has 0 radical (unpaired) electrons. The van der Waals surface area contributed by atoms with E-state index in [-0.39, 0.29) is 0 Å². The maximum Gasteiger partial charge on any atom is 0.0478 e. The maximum absolute atomic E-state index is 8.25. The van der Waals surface area contributed by atoms with Crippen LogP contribution in [0.15, 0.2) is 0 Å². The second kappa shape index (κ2) is 2.71. The largest absolute Gasteiger partial charge is 0.309 e. The van der Waals surface area contributed by atoms with Crippen molar-refractivity contribution in [2.45, 2.75) is 51.1 Å². The van der Waals surface area contributed by atoms with Crippen LogP contribution in [0.25, 0.3) is 0 Å². The van der Waals surface area contributed by atoms with Crippen molar-refractivity contribution in [2.75, 3.05) is 13.0 Å². The van der Waals surface area contributed by atoms with E-state index in [1.54, 1.807) is 0 Å². The summed E-state index contributed by atoms with van der Waals surface area (Å²) in [6, 6.07) is -5.69. The van der Waals surface area contributed by atoms with Crippen molar-refractivity contribution in [1.82, 2.24) is 10.2 Å². The summed E-state index contributed by atoms with van der Waals surface area (Å²) < 4.78 is 81.2. The first-order valence-corrected chi connectivity index (χ1v) is 3.92. The lowest BCUT2D eigenvalue weighted by Crippen LogP contribution is -2.57. The van der Waals surface area contributed by atoms with Crippen LogP contribution in [-0.4, -0.2) is 35.5 Å². The molecule has 0 amide bonds. The van der Waals surface area contributed by atoms with Gasteiger partial charge in [0.15, 0.2) is 0 Å². The van der Waals surface area contributed by atoms with Crippen LogP contribution in [-0.2, 0) is 0 Å². The van der Waals surface area contributed by atoms with Crippen molar-refractivity contribution in [1.29, 1.82) is 0 Å². The van der Waals surface area contributed by atoms with Crippen LogP contribution >= 0.6 is 0 Å². The molecule has 0 aromatic rings. The molecule has 2 saturated heterocycles. The van der Waals surface area contributed by atoms with E-state index in [9.17, 15) is 0 Å². The van der Waals surface area contributed by atoms with Gasteiger partial charge in [-0.1, -0.05) is 0 Å². The molecule has 1 N–H and O–H groups in total. The lowest BCUT2D eigenvalue weighted by molar-refractivity contribution is 0.0927. The third-order valence-corrected chi connectivity index (χ3v) is 1.68. The number of nitrogens with one attached hydrogen (secondary N) is 1. The van der Waals surface area contributed by atoms with Crippen LogP contribution in [0.2, 0.25) is 0 Å². The molecule has 0 saturated carbocycles. The standard InChI is InChI=1S/C10H20N2/c1-10(2,3)12-6-8-4-5-9(7-12)11-8/h8-9,11H,4-7H2,1-3H3/i4D2,5D2,6D2,7D2,8D,9D. The third-order valence-electron chi connectivity index (χ3n) is 1.68. The van der Waals surface area contributed by atoms with Crippen molar-refractivity contribution in [3.63, 3.8) is 0 Å². The minimum atomic E-state index is -3.13. The highest BCUT2D eigenvalue weighted by atomic mass is 15.3. The van der Waals surface area contributed by atoms with E-state index in [0.717, 1.165) is 0 Å². The van der Waals surface area contributed by atoms with Crippen molar-refractivity contribution in [3.8, 4) is 0 Å². The fourth-order valence-electron chi connectivity index (χ4n) is 1.01. The number of hydrogen-bond acceptors (Lipinski definition) is 2. The Morgan fingerprint density at radius 1 is 1.33 bits per heavy atom. The van der Waals surface area contributed by atoms with Crippen LogP contribution < -0.4 is 5.32 Å². The summed E-state index contributed by atoms with van der Waals surface area (Å²) in [5, 5.41) is 2.00. The first-order chi connectivity index (χ1) is 9.32. The molecule has 2 bridgehead atoms. The monoisotopic (exact) mass is 178 g/mol. The van der Waals surface area contributed by atoms with Gasteiger partial charge in [-0.3, -0.25) is 4.90 Å². The maximum atomic E-state index is 8.25. The van der Waals surface area contributed by atoms with Gasteiger partial charge in [-0.2, -0.15) is 0 Å². The van der Waals surface area contributed by atoms with Gasteiger partial charge in [-0.15, -0.1) is 0 Å². The Hall–Kier alpha value is -0.0800. The van der Waals surface area contributed by atoms with E-state index in [0.29, 0.717) is 4.90 Å². The molecule has 0 aliphatic carbocycles.